The van der Waals surface area contributed by atoms with Crippen LogP contribution >= 0.6 is 11.6 Å². The van der Waals surface area contributed by atoms with Crippen LogP contribution in [0.2, 0.25) is 5.02 Å². The van der Waals surface area contributed by atoms with Gasteiger partial charge in [-0.2, -0.15) is 0 Å². The molecule has 1 aliphatic carbocycles. The summed E-state index contributed by atoms with van der Waals surface area (Å²) >= 11 is 5.82. The highest BCUT2D eigenvalue weighted by molar-refractivity contribution is 6.30. The zero-order valence-electron chi connectivity index (χ0n) is 12.6. The fourth-order valence-electron chi connectivity index (χ4n) is 1.71. The summed E-state index contributed by atoms with van der Waals surface area (Å²) in [5.74, 6) is -0.907. The molecule has 8 heteroatoms. The first kappa shape index (κ1) is 17.1. The second-order valence-corrected chi connectivity index (χ2v) is 5.59. The van der Waals surface area contributed by atoms with Gasteiger partial charge < -0.3 is 14.8 Å². The number of hydrogen-bond donors (Lipinski definition) is 2. The SMILES string of the molecule is Cc1cc(Cl)ccc1OCC(=O)OCC(=O)NC(=O)NC1CC1. The van der Waals surface area contributed by atoms with Gasteiger partial charge in [-0.05, 0) is 43.5 Å². The molecule has 0 radical (unpaired) electrons. The number of carbonyl (C=O) groups excluding carboxylic acids is 3. The smallest absolute Gasteiger partial charge is 0.344 e. The maximum absolute atomic E-state index is 11.5. The summed E-state index contributed by atoms with van der Waals surface area (Å²) in [6.07, 6.45) is 1.83. The molecule has 1 aliphatic rings. The number of nitrogens with one attached hydrogen (secondary N) is 2. The van der Waals surface area contributed by atoms with E-state index in [2.05, 4.69) is 10.6 Å². The molecule has 0 heterocycles. The summed E-state index contributed by atoms with van der Waals surface area (Å²) in [6, 6.07) is 4.54. The van der Waals surface area contributed by atoms with Gasteiger partial charge >= 0.3 is 12.0 Å². The zero-order chi connectivity index (χ0) is 16.8. The van der Waals surface area contributed by atoms with Gasteiger partial charge in [0.15, 0.2) is 13.2 Å². The van der Waals surface area contributed by atoms with Crippen LogP contribution in [-0.4, -0.2) is 37.2 Å². The zero-order valence-corrected chi connectivity index (χ0v) is 13.3. The third-order valence-electron chi connectivity index (χ3n) is 3.01. The Balaban J connectivity index is 1.65. The minimum absolute atomic E-state index is 0.140. The number of hydrogen-bond acceptors (Lipinski definition) is 5. The normalized spacial score (nSPS) is 13.1. The van der Waals surface area contributed by atoms with E-state index in [-0.39, 0.29) is 12.6 Å². The monoisotopic (exact) mass is 340 g/mol. The Labute approximate surface area is 138 Å². The highest BCUT2D eigenvalue weighted by Crippen LogP contribution is 2.21. The maximum Gasteiger partial charge on any atom is 0.344 e. The highest BCUT2D eigenvalue weighted by Gasteiger charge is 2.24. The van der Waals surface area contributed by atoms with E-state index in [0.717, 1.165) is 18.4 Å². The van der Waals surface area contributed by atoms with Crippen molar-refractivity contribution < 1.29 is 23.9 Å². The van der Waals surface area contributed by atoms with Gasteiger partial charge in [-0.25, -0.2) is 9.59 Å². The molecule has 0 spiro atoms. The van der Waals surface area contributed by atoms with Gasteiger partial charge in [-0.15, -0.1) is 0 Å². The van der Waals surface area contributed by atoms with Crippen molar-refractivity contribution in [2.24, 2.45) is 0 Å². The van der Waals surface area contributed by atoms with Crippen LogP contribution in [0.4, 0.5) is 4.79 Å². The molecule has 0 saturated heterocycles. The lowest BCUT2D eigenvalue weighted by Gasteiger charge is -2.09. The molecular formula is C15H17ClN2O5. The predicted molar refractivity (Wildman–Crippen MR) is 82.3 cm³/mol. The minimum atomic E-state index is -0.711. The van der Waals surface area contributed by atoms with Crippen molar-refractivity contribution in [3.8, 4) is 5.75 Å². The fourth-order valence-corrected chi connectivity index (χ4v) is 1.94. The molecule has 1 aromatic rings. The van der Waals surface area contributed by atoms with Crippen LogP contribution in [-0.2, 0) is 14.3 Å². The van der Waals surface area contributed by atoms with E-state index >= 15 is 0 Å². The molecule has 124 valence electrons. The Hall–Kier alpha value is -2.28. The topological polar surface area (TPSA) is 93.7 Å². The first-order valence-electron chi connectivity index (χ1n) is 7.09. The van der Waals surface area contributed by atoms with Gasteiger partial charge in [0.05, 0.1) is 0 Å². The lowest BCUT2D eigenvalue weighted by molar-refractivity contribution is -0.150. The van der Waals surface area contributed by atoms with Crippen molar-refractivity contribution in [1.82, 2.24) is 10.6 Å². The van der Waals surface area contributed by atoms with Gasteiger partial charge in [-0.1, -0.05) is 11.6 Å². The molecule has 0 atom stereocenters. The third kappa shape index (κ3) is 6.15. The lowest BCUT2D eigenvalue weighted by Crippen LogP contribution is -2.42. The number of benzene rings is 1. The Morgan fingerprint density at radius 2 is 2.00 bits per heavy atom. The molecule has 0 aliphatic heterocycles. The molecule has 2 rings (SSSR count). The first-order chi connectivity index (χ1) is 10.9. The third-order valence-corrected chi connectivity index (χ3v) is 3.25. The Bertz CT molecular complexity index is 616. The molecule has 0 unspecified atom stereocenters. The van der Waals surface area contributed by atoms with Gasteiger partial charge in [0, 0.05) is 11.1 Å². The Morgan fingerprint density at radius 3 is 2.65 bits per heavy atom. The predicted octanol–water partition coefficient (Wildman–Crippen LogP) is 1.56. The molecule has 1 fully saturated rings. The van der Waals surface area contributed by atoms with E-state index in [1.165, 1.54) is 0 Å². The first-order valence-corrected chi connectivity index (χ1v) is 7.47. The summed E-state index contributed by atoms with van der Waals surface area (Å²) < 4.78 is 10.0. The van der Waals surface area contributed by atoms with Crippen LogP contribution in [0.25, 0.3) is 0 Å². The molecule has 0 bridgehead atoms. The molecular weight excluding hydrogens is 324 g/mol. The molecule has 7 nitrogen and oxygen atoms in total. The second-order valence-electron chi connectivity index (χ2n) is 5.16. The van der Waals surface area contributed by atoms with Crippen LogP contribution in [0.15, 0.2) is 18.2 Å². The van der Waals surface area contributed by atoms with Crippen LogP contribution in [0.5, 0.6) is 5.75 Å². The molecule has 1 saturated carbocycles. The number of esters is 1. The van der Waals surface area contributed by atoms with E-state index in [4.69, 9.17) is 21.1 Å². The number of carbonyl (C=O) groups is 3. The number of halogens is 1. The number of urea groups is 1. The van der Waals surface area contributed by atoms with Gasteiger partial charge in [-0.3, -0.25) is 10.1 Å². The van der Waals surface area contributed by atoms with E-state index in [1.807, 2.05) is 0 Å². The number of amides is 3. The van der Waals surface area contributed by atoms with Crippen molar-refractivity contribution in [2.45, 2.75) is 25.8 Å². The van der Waals surface area contributed by atoms with Crippen LogP contribution in [0, 0.1) is 6.92 Å². The average molecular weight is 341 g/mol. The van der Waals surface area contributed by atoms with E-state index in [1.54, 1.807) is 25.1 Å². The minimum Gasteiger partial charge on any atom is -0.482 e. The summed E-state index contributed by atoms with van der Waals surface area (Å²) in [6.45, 7) is 0.905. The summed E-state index contributed by atoms with van der Waals surface area (Å²) in [7, 11) is 0. The quantitative estimate of drug-likeness (QED) is 0.766. The number of ether oxygens (including phenoxy) is 2. The van der Waals surface area contributed by atoms with E-state index in [9.17, 15) is 14.4 Å². The van der Waals surface area contributed by atoms with E-state index < -0.39 is 24.5 Å². The number of imide groups is 1. The Morgan fingerprint density at radius 1 is 1.26 bits per heavy atom. The van der Waals surface area contributed by atoms with E-state index in [0.29, 0.717) is 10.8 Å². The molecule has 0 aromatic heterocycles. The van der Waals surface area contributed by atoms with Crippen LogP contribution < -0.4 is 15.4 Å². The molecule has 1 aromatic carbocycles. The van der Waals surface area contributed by atoms with Crippen molar-refractivity contribution >= 4 is 29.5 Å². The number of rotatable bonds is 6. The average Bonchev–Trinajstić information content (AvgIpc) is 3.28. The molecule has 23 heavy (non-hydrogen) atoms. The fraction of sp³-hybridized carbons (Fsp3) is 0.400. The standard InChI is InChI=1S/C15H17ClN2O5/c1-9-6-10(16)2-5-12(9)22-8-14(20)23-7-13(19)18-15(21)17-11-3-4-11/h2,5-6,11H,3-4,7-8H2,1H3,(H2,17,18,19,21). The number of aryl methyl sites for hydroxylation is 1. The van der Waals surface area contributed by atoms with Gasteiger partial charge in [0.1, 0.15) is 5.75 Å². The summed E-state index contributed by atoms with van der Waals surface area (Å²) in [5.41, 5.74) is 0.778. The van der Waals surface area contributed by atoms with Crippen molar-refractivity contribution in [3.05, 3.63) is 28.8 Å². The summed E-state index contributed by atoms with van der Waals surface area (Å²) in [4.78, 5) is 34.2. The lowest BCUT2D eigenvalue weighted by atomic mass is 10.2. The Kier molecular flexibility index (Phi) is 5.81. The van der Waals surface area contributed by atoms with Crippen molar-refractivity contribution in [3.63, 3.8) is 0 Å². The van der Waals surface area contributed by atoms with Gasteiger partial charge in [0.25, 0.3) is 5.91 Å². The second kappa shape index (κ2) is 7.82. The largest absolute Gasteiger partial charge is 0.482 e. The maximum atomic E-state index is 11.5. The van der Waals surface area contributed by atoms with Crippen molar-refractivity contribution in [1.29, 1.82) is 0 Å². The van der Waals surface area contributed by atoms with Crippen LogP contribution in [0.1, 0.15) is 18.4 Å². The molecule has 3 amide bonds. The van der Waals surface area contributed by atoms with Crippen molar-refractivity contribution in [2.75, 3.05) is 13.2 Å². The highest BCUT2D eigenvalue weighted by atomic mass is 35.5. The van der Waals surface area contributed by atoms with Crippen LogP contribution in [0.3, 0.4) is 0 Å². The molecule has 2 N–H and O–H groups in total. The van der Waals surface area contributed by atoms with Gasteiger partial charge in [0.2, 0.25) is 0 Å². The summed E-state index contributed by atoms with van der Waals surface area (Å²) in [5, 5.41) is 5.23.